The van der Waals surface area contributed by atoms with E-state index in [2.05, 4.69) is 15.0 Å². The van der Waals surface area contributed by atoms with Gasteiger partial charge in [-0.05, 0) is 12.0 Å². The highest BCUT2D eigenvalue weighted by Crippen LogP contribution is 2.39. The van der Waals surface area contributed by atoms with E-state index in [-0.39, 0.29) is 12.0 Å². The van der Waals surface area contributed by atoms with Gasteiger partial charge in [0.05, 0.1) is 31.7 Å². The van der Waals surface area contributed by atoms with Gasteiger partial charge in [-0.1, -0.05) is 30.3 Å². The molecule has 3 atom stereocenters. The summed E-state index contributed by atoms with van der Waals surface area (Å²) in [6, 6.07) is 9.98. The van der Waals surface area contributed by atoms with Crippen molar-refractivity contribution in [3.63, 3.8) is 0 Å². The van der Waals surface area contributed by atoms with Crippen LogP contribution in [0.15, 0.2) is 43.0 Å². The van der Waals surface area contributed by atoms with Crippen LogP contribution < -0.4 is 5.73 Å². The van der Waals surface area contributed by atoms with Crippen LogP contribution in [0.4, 0.5) is 5.82 Å². The minimum atomic E-state index is -0.477. The largest absolute Gasteiger partial charge is 0.391 e. The van der Waals surface area contributed by atoms with E-state index >= 15 is 0 Å². The van der Waals surface area contributed by atoms with Crippen molar-refractivity contribution in [3.05, 3.63) is 48.5 Å². The van der Waals surface area contributed by atoms with Crippen LogP contribution in [0, 0.1) is 5.92 Å². The normalized spacial score (nSPS) is 23.3. The number of anilines is 1. The quantitative estimate of drug-likeness (QED) is 0.738. The third-order valence-electron chi connectivity index (χ3n) is 4.61. The zero-order valence-corrected chi connectivity index (χ0v) is 13.1. The molecule has 2 heterocycles. The van der Waals surface area contributed by atoms with Gasteiger partial charge in [0.2, 0.25) is 0 Å². The van der Waals surface area contributed by atoms with Gasteiger partial charge in [-0.3, -0.25) is 0 Å². The highest BCUT2D eigenvalue weighted by Gasteiger charge is 2.41. The van der Waals surface area contributed by atoms with E-state index in [4.69, 9.17) is 10.5 Å². The average molecular weight is 325 g/mol. The Morgan fingerprint density at radius 3 is 2.83 bits per heavy atom. The number of hydrogen-bond donors (Lipinski definition) is 2. The third-order valence-corrected chi connectivity index (χ3v) is 4.61. The summed E-state index contributed by atoms with van der Waals surface area (Å²) < 4.78 is 7.62. The molecule has 0 saturated heterocycles. The molecule has 1 aromatic carbocycles. The highest BCUT2D eigenvalue weighted by molar-refractivity contribution is 5.81. The van der Waals surface area contributed by atoms with Crippen LogP contribution in [-0.4, -0.2) is 37.3 Å². The SMILES string of the molecule is Nc1ncnc2c1ncn2[C@H]1C[C@@H](COCc2ccccc2)[C@@H]1O. The summed E-state index contributed by atoms with van der Waals surface area (Å²) in [5.74, 6) is 0.477. The maximum absolute atomic E-state index is 10.5. The third kappa shape index (κ3) is 2.61. The number of ether oxygens (including phenoxy) is 1. The first-order valence-corrected chi connectivity index (χ1v) is 7.97. The zero-order chi connectivity index (χ0) is 16.5. The number of benzene rings is 1. The van der Waals surface area contributed by atoms with Gasteiger partial charge < -0.3 is 20.1 Å². The van der Waals surface area contributed by atoms with Crippen molar-refractivity contribution >= 4 is 17.0 Å². The van der Waals surface area contributed by atoms with Crippen molar-refractivity contribution in [3.8, 4) is 0 Å². The first-order chi connectivity index (χ1) is 11.7. The Morgan fingerprint density at radius 1 is 1.21 bits per heavy atom. The van der Waals surface area contributed by atoms with Gasteiger partial charge in [0.25, 0.3) is 0 Å². The van der Waals surface area contributed by atoms with E-state index in [1.807, 2.05) is 34.9 Å². The van der Waals surface area contributed by atoms with Gasteiger partial charge in [0.15, 0.2) is 11.5 Å². The number of nitrogens with zero attached hydrogens (tertiary/aromatic N) is 4. The van der Waals surface area contributed by atoms with Crippen molar-refractivity contribution < 1.29 is 9.84 Å². The molecule has 7 nitrogen and oxygen atoms in total. The molecule has 1 fully saturated rings. The Hall–Kier alpha value is -2.51. The average Bonchev–Trinajstić information content (AvgIpc) is 3.03. The van der Waals surface area contributed by atoms with Crippen LogP contribution >= 0.6 is 0 Å². The van der Waals surface area contributed by atoms with E-state index in [1.54, 1.807) is 6.33 Å². The first kappa shape index (κ1) is 15.0. The Labute approximate surface area is 139 Å². The lowest BCUT2D eigenvalue weighted by molar-refractivity contribution is -0.0740. The van der Waals surface area contributed by atoms with Crippen molar-refractivity contribution in [1.29, 1.82) is 0 Å². The number of rotatable bonds is 5. The van der Waals surface area contributed by atoms with Crippen molar-refractivity contribution in [2.24, 2.45) is 5.92 Å². The second kappa shape index (κ2) is 6.18. The molecule has 0 bridgehead atoms. The number of aromatic nitrogens is 4. The van der Waals surface area contributed by atoms with Gasteiger partial charge in [0, 0.05) is 5.92 Å². The van der Waals surface area contributed by atoms with Gasteiger partial charge in [-0.25, -0.2) is 15.0 Å². The second-order valence-corrected chi connectivity index (χ2v) is 6.14. The fourth-order valence-electron chi connectivity index (χ4n) is 3.17. The standard InChI is InChI=1S/C17H19N5O2/c18-16-14-17(20-9-19-16)22(10-21-14)13-6-12(15(13)23)8-24-7-11-4-2-1-3-5-11/h1-5,9-10,12-13,15,23H,6-8H2,(H2,18,19,20)/t12-,13-,15-/m0/s1. The summed E-state index contributed by atoms with van der Waals surface area (Å²) >= 11 is 0. The van der Waals surface area contributed by atoms with Gasteiger partial charge >= 0.3 is 0 Å². The van der Waals surface area contributed by atoms with Crippen molar-refractivity contribution in [2.75, 3.05) is 12.3 Å². The van der Waals surface area contributed by atoms with E-state index in [0.717, 1.165) is 12.0 Å². The lowest BCUT2D eigenvalue weighted by atomic mass is 9.77. The molecule has 2 aromatic heterocycles. The molecular formula is C17H19N5O2. The lowest BCUT2D eigenvalue weighted by Crippen LogP contribution is -2.45. The topological polar surface area (TPSA) is 99.1 Å². The van der Waals surface area contributed by atoms with E-state index in [9.17, 15) is 5.11 Å². The van der Waals surface area contributed by atoms with Crippen LogP contribution in [0.2, 0.25) is 0 Å². The Morgan fingerprint density at radius 2 is 2.04 bits per heavy atom. The number of aliphatic hydroxyl groups excluding tert-OH is 1. The predicted octanol–water partition coefficient (Wildman–Crippen LogP) is 1.55. The monoisotopic (exact) mass is 325 g/mol. The minimum Gasteiger partial charge on any atom is -0.391 e. The number of nitrogen functional groups attached to an aromatic ring is 1. The van der Waals surface area contributed by atoms with Crippen LogP contribution in [0.5, 0.6) is 0 Å². The van der Waals surface area contributed by atoms with Gasteiger partial charge in [-0.2, -0.15) is 0 Å². The molecule has 0 amide bonds. The molecule has 1 aliphatic rings. The maximum atomic E-state index is 10.5. The number of hydrogen-bond acceptors (Lipinski definition) is 6. The summed E-state index contributed by atoms with van der Waals surface area (Å²) in [5.41, 5.74) is 8.18. The van der Waals surface area contributed by atoms with Crippen molar-refractivity contribution in [1.82, 2.24) is 19.5 Å². The molecule has 4 rings (SSSR count). The molecule has 0 radical (unpaired) electrons. The van der Waals surface area contributed by atoms with Gasteiger partial charge in [-0.15, -0.1) is 0 Å². The van der Waals surface area contributed by atoms with E-state index in [0.29, 0.717) is 30.2 Å². The Balaban J connectivity index is 1.37. The molecular weight excluding hydrogens is 306 g/mol. The van der Waals surface area contributed by atoms with Crippen LogP contribution in [-0.2, 0) is 11.3 Å². The Kier molecular flexibility index (Phi) is 3.87. The number of aliphatic hydroxyl groups is 1. The van der Waals surface area contributed by atoms with Crippen LogP contribution in [0.25, 0.3) is 11.2 Å². The second-order valence-electron chi connectivity index (χ2n) is 6.14. The van der Waals surface area contributed by atoms with Crippen LogP contribution in [0.1, 0.15) is 18.0 Å². The highest BCUT2D eigenvalue weighted by atomic mass is 16.5. The molecule has 1 saturated carbocycles. The molecule has 3 aromatic rings. The lowest BCUT2D eigenvalue weighted by Gasteiger charge is -2.41. The first-order valence-electron chi connectivity index (χ1n) is 7.97. The smallest absolute Gasteiger partial charge is 0.165 e. The van der Waals surface area contributed by atoms with Gasteiger partial charge in [0.1, 0.15) is 11.8 Å². The summed E-state index contributed by atoms with van der Waals surface area (Å²) in [6.45, 7) is 1.10. The summed E-state index contributed by atoms with van der Waals surface area (Å²) in [4.78, 5) is 12.4. The number of imidazole rings is 1. The zero-order valence-electron chi connectivity index (χ0n) is 13.1. The van der Waals surface area contributed by atoms with E-state index in [1.165, 1.54) is 6.33 Å². The molecule has 24 heavy (non-hydrogen) atoms. The summed E-state index contributed by atoms with van der Waals surface area (Å²) in [5, 5.41) is 10.5. The molecule has 1 aliphatic carbocycles. The fraction of sp³-hybridized carbons (Fsp3) is 0.353. The number of nitrogens with two attached hydrogens (primary N) is 1. The molecule has 0 unspecified atom stereocenters. The van der Waals surface area contributed by atoms with E-state index < -0.39 is 6.10 Å². The van der Waals surface area contributed by atoms with Crippen LogP contribution in [0.3, 0.4) is 0 Å². The predicted molar refractivity (Wildman–Crippen MR) is 89.0 cm³/mol. The molecule has 0 aliphatic heterocycles. The maximum Gasteiger partial charge on any atom is 0.165 e. The van der Waals surface area contributed by atoms with Crippen molar-refractivity contribution in [2.45, 2.75) is 25.2 Å². The summed E-state index contributed by atoms with van der Waals surface area (Å²) in [7, 11) is 0. The minimum absolute atomic E-state index is 0.0466. The molecule has 7 heteroatoms. The fourth-order valence-corrected chi connectivity index (χ4v) is 3.17. The molecule has 3 N–H and O–H groups in total. The molecule has 124 valence electrons. The molecule has 0 spiro atoms. The number of fused-ring (bicyclic) bond motifs is 1. The summed E-state index contributed by atoms with van der Waals surface area (Å²) in [6.07, 6.45) is 3.44. The Bertz CT molecular complexity index is 835.